The van der Waals surface area contributed by atoms with Crippen LogP contribution in [0.15, 0.2) is 69.3 Å². The number of aromatic amines is 1. The quantitative estimate of drug-likeness (QED) is 0.303. The molecule has 2 aromatic heterocycles. The summed E-state index contributed by atoms with van der Waals surface area (Å²) in [6, 6.07) is 14.0. The van der Waals surface area contributed by atoms with Crippen LogP contribution in [0.5, 0.6) is 0 Å². The average Bonchev–Trinajstić information content (AvgIpc) is 3.51. The lowest BCUT2D eigenvalue weighted by molar-refractivity contribution is 0.0730. The number of thioether (sulfide) groups is 1. The fraction of sp³-hybridized carbons (Fsp3) is 0.261. The fourth-order valence-corrected chi connectivity index (χ4v) is 6.00. The Morgan fingerprint density at radius 2 is 1.91 bits per heavy atom. The maximum atomic E-state index is 13.0. The molecule has 9 nitrogen and oxygen atoms in total. The molecule has 3 heterocycles. The minimum Gasteiger partial charge on any atom is -0.411 e. The number of fused-ring (bicyclic) bond motifs is 1. The van der Waals surface area contributed by atoms with E-state index < -0.39 is 15.3 Å². The van der Waals surface area contributed by atoms with Crippen molar-refractivity contribution in [3.05, 3.63) is 60.3 Å². The highest BCUT2D eigenvalue weighted by Crippen LogP contribution is 2.30. The van der Waals surface area contributed by atoms with E-state index >= 15 is 0 Å². The maximum absolute atomic E-state index is 13.0. The smallest absolute Gasteiger partial charge is 0.277 e. The van der Waals surface area contributed by atoms with Crippen LogP contribution in [0.2, 0.25) is 0 Å². The highest BCUT2D eigenvalue weighted by Gasteiger charge is 2.27. The van der Waals surface area contributed by atoms with Gasteiger partial charge in [0, 0.05) is 41.3 Å². The largest absolute Gasteiger partial charge is 0.411 e. The number of hydrogen-bond donors (Lipinski definition) is 1. The summed E-state index contributed by atoms with van der Waals surface area (Å²) in [7, 11) is -3.65. The summed E-state index contributed by atoms with van der Waals surface area (Å²) in [5.74, 6) is 0.133. The van der Waals surface area contributed by atoms with Crippen LogP contribution < -0.4 is 0 Å². The Morgan fingerprint density at radius 1 is 1.12 bits per heavy atom. The molecule has 0 saturated carbocycles. The standard InChI is InChI=1S/C23H22N4O5S2/c1-15(21(28)19-14-24-20-8-3-2-7-18(19)20)33-23-26-25-22(32-23)16-5-4-6-17(13-16)34(29,30)27-9-11-31-12-10-27/h2-8,13-15,24H,9-12H2,1H3. The molecular formula is C23H22N4O5S2. The first-order chi connectivity index (χ1) is 16.4. The molecule has 0 bridgehead atoms. The third kappa shape index (κ3) is 4.39. The Labute approximate surface area is 200 Å². The number of ether oxygens (including phenoxy) is 1. The van der Waals surface area contributed by atoms with Crippen LogP contribution in [0.4, 0.5) is 0 Å². The zero-order valence-electron chi connectivity index (χ0n) is 18.3. The van der Waals surface area contributed by atoms with Crippen molar-refractivity contribution in [1.29, 1.82) is 0 Å². The van der Waals surface area contributed by atoms with E-state index in [1.807, 2.05) is 24.3 Å². The van der Waals surface area contributed by atoms with Crippen LogP contribution in [0.25, 0.3) is 22.4 Å². The number of para-hydroxylation sites is 1. The Balaban J connectivity index is 1.33. The van der Waals surface area contributed by atoms with Crippen LogP contribution in [0.1, 0.15) is 17.3 Å². The second-order valence-electron chi connectivity index (χ2n) is 7.79. The van der Waals surface area contributed by atoms with Gasteiger partial charge < -0.3 is 14.1 Å². The molecule has 34 heavy (non-hydrogen) atoms. The van der Waals surface area contributed by atoms with Gasteiger partial charge in [0.2, 0.25) is 15.9 Å². The van der Waals surface area contributed by atoms with Gasteiger partial charge in [0.25, 0.3) is 5.22 Å². The molecule has 1 unspecified atom stereocenters. The molecule has 1 saturated heterocycles. The van der Waals surface area contributed by atoms with Gasteiger partial charge in [-0.1, -0.05) is 36.0 Å². The number of aromatic nitrogens is 3. The highest BCUT2D eigenvalue weighted by atomic mass is 32.2. The number of benzene rings is 2. The molecule has 176 valence electrons. The Kier molecular flexibility index (Phi) is 6.26. The van der Waals surface area contributed by atoms with E-state index in [4.69, 9.17) is 9.15 Å². The summed E-state index contributed by atoms with van der Waals surface area (Å²) in [5, 5.41) is 8.75. The molecule has 1 aliphatic rings. The Hall–Kier alpha value is -2.99. The van der Waals surface area contributed by atoms with E-state index in [1.54, 1.807) is 31.3 Å². The van der Waals surface area contributed by atoms with E-state index in [1.165, 1.54) is 10.4 Å². The molecule has 1 atom stereocenters. The molecule has 2 aromatic carbocycles. The summed E-state index contributed by atoms with van der Waals surface area (Å²) < 4.78 is 38.3. The molecule has 1 N–H and O–H groups in total. The lowest BCUT2D eigenvalue weighted by Crippen LogP contribution is -2.40. The summed E-state index contributed by atoms with van der Waals surface area (Å²) >= 11 is 1.16. The highest BCUT2D eigenvalue weighted by molar-refractivity contribution is 8.00. The van der Waals surface area contributed by atoms with Gasteiger partial charge in [-0.2, -0.15) is 4.31 Å². The minimum absolute atomic E-state index is 0.0548. The van der Waals surface area contributed by atoms with Gasteiger partial charge in [0.05, 0.1) is 23.4 Å². The van der Waals surface area contributed by atoms with Gasteiger partial charge in [-0.3, -0.25) is 4.79 Å². The molecule has 11 heteroatoms. The number of rotatable bonds is 7. The van der Waals surface area contributed by atoms with Gasteiger partial charge in [0.15, 0.2) is 5.78 Å². The van der Waals surface area contributed by atoms with Gasteiger partial charge in [-0.25, -0.2) is 8.42 Å². The van der Waals surface area contributed by atoms with Crippen LogP contribution >= 0.6 is 11.8 Å². The number of ketones is 1. The number of Topliss-reactive ketones (excluding diaryl/α,β-unsaturated/α-hetero) is 1. The second kappa shape index (κ2) is 9.34. The number of nitrogens with zero attached hydrogens (tertiary/aromatic N) is 3. The lowest BCUT2D eigenvalue weighted by Gasteiger charge is -2.26. The van der Waals surface area contributed by atoms with Crippen molar-refractivity contribution < 1.29 is 22.4 Å². The third-order valence-electron chi connectivity index (χ3n) is 5.60. The fourth-order valence-electron chi connectivity index (χ4n) is 3.80. The van der Waals surface area contributed by atoms with Crippen LogP contribution in [0, 0.1) is 0 Å². The maximum Gasteiger partial charge on any atom is 0.277 e. The Bertz CT molecular complexity index is 1440. The molecule has 0 aliphatic carbocycles. The number of carbonyl (C=O) groups excluding carboxylic acids is 1. The monoisotopic (exact) mass is 498 g/mol. The lowest BCUT2D eigenvalue weighted by atomic mass is 10.1. The number of sulfonamides is 1. The number of morpholine rings is 1. The predicted molar refractivity (Wildman–Crippen MR) is 127 cm³/mol. The van der Waals surface area contributed by atoms with Crippen LogP contribution in [0.3, 0.4) is 0 Å². The van der Waals surface area contributed by atoms with E-state index in [-0.39, 0.29) is 21.8 Å². The molecule has 4 aromatic rings. The average molecular weight is 499 g/mol. The van der Waals surface area contributed by atoms with Crippen molar-refractivity contribution in [3.63, 3.8) is 0 Å². The zero-order chi connectivity index (χ0) is 23.7. The second-order valence-corrected chi connectivity index (χ2v) is 11.0. The number of H-pyrrole nitrogens is 1. The summed E-state index contributed by atoms with van der Waals surface area (Å²) in [6.45, 7) is 3.16. The van der Waals surface area contributed by atoms with Crippen molar-refractivity contribution in [3.8, 4) is 11.5 Å². The minimum atomic E-state index is -3.65. The van der Waals surface area contributed by atoms with Crippen molar-refractivity contribution in [2.75, 3.05) is 26.3 Å². The van der Waals surface area contributed by atoms with Crippen molar-refractivity contribution in [1.82, 2.24) is 19.5 Å². The van der Waals surface area contributed by atoms with Gasteiger partial charge in [-0.15, -0.1) is 10.2 Å². The topological polar surface area (TPSA) is 118 Å². The number of carbonyl (C=O) groups is 1. The first kappa shape index (κ1) is 22.8. The van der Waals surface area contributed by atoms with Crippen molar-refractivity contribution >= 4 is 38.5 Å². The Morgan fingerprint density at radius 3 is 2.74 bits per heavy atom. The van der Waals surface area contributed by atoms with E-state index in [2.05, 4.69) is 15.2 Å². The first-order valence-corrected chi connectivity index (χ1v) is 13.0. The normalized spacial score (nSPS) is 16.0. The van der Waals surface area contributed by atoms with Gasteiger partial charge >= 0.3 is 0 Å². The van der Waals surface area contributed by atoms with Gasteiger partial charge in [-0.05, 0) is 31.2 Å². The molecule has 0 amide bonds. The van der Waals surface area contributed by atoms with Crippen molar-refractivity contribution in [2.24, 2.45) is 0 Å². The molecular weight excluding hydrogens is 476 g/mol. The molecule has 0 spiro atoms. The zero-order valence-corrected chi connectivity index (χ0v) is 19.9. The molecule has 0 radical (unpaired) electrons. The van der Waals surface area contributed by atoms with E-state index in [0.29, 0.717) is 37.4 Å². The third-order valence-corrected chi connectivity index (χ3v) is 8.43. The first-order valence-electron chi connectivity index (χ1n) is 10.7. The molecule has 1 aliphatic heterocycles. The number of nitrogens with one attached hydrogen (secondary N) is 1. The number of hydrogen-bond acceptors (Lipinski definition) is 8. The van der Waals surface area contributed by atoms with Crippen LogP contribution in [-0.4, -0.2) is 65.2 Å². The van der Waals surface area contributed by atoms with Crippen molar-refractivity contribution in [2.45, 2.75) is 22.3 Å². The summed E-state index contributed by atoms with van der Waals surface area (Å²) in [5.41, 5.74) is 2.00. The predicted octanol–water partition coefficient (Wildman–Crippen LogP) is 3.60. The summed E-state index contributed by atoms with van der Waals surface area (Å²) in [6.07, 6.45) is 1.71. The molecule has 5 rings (SSSR count). The molecule has 1 fully saturated rings. The van der Waals surface area contributed by atoms with Crippen LogP contribution in [-0.2, 0) is 14.8 Å². The summed E-state index contributed by atoms with van der Waals surface area (Å²) in [4.78, 5) is 16.3. The van der Waals surface area contributed by atoms with E-state index in [9.17, 15) is 13.2 Å². The van der Waals surface area contributed by atoms with E-state index in [0.717, 1.165) is 22.7 Å². The SMILES string of the molecule is CC(Sc1nnc(-c2cccc(S(=O)(=O)N3CCOCC3)c2)o1)C(=O)c1c[nH]c2ccccc12. The van der Waals surface area contributed by atoms with Gasteiger partial charge in [0.1, 0.15) is 0 Å².